The van der Waals surface area contributed by atoms with Gasteiger partial charge in [-0.05, 0) is 55.1 Å². The molecule has 116 valence electrons. The van der Waals surface area contributed by atoms with Crippen LogP contribution in [0.3, 0.4) is 0 Å². The van der Waals surface area contributed by atoms with E-state index in [4.69, 9.17) is 4.74 Å². The lowest BCUT2D eigenvalue weighted by Gasteiger charge is -2.32. The fraction of sp³-hybridized carbons (Fsp3) is 0.368. The maximum Gasteiger partial charge on any atom is 0.165 e. The Bertz CT molecular complexity index is 606. The molecular formula is C19H22FNO. The largest absolute Gasteiger partial charge is 0.494 e. The number of benzene rings is 2. The summed E-state index contributed by atoms with van der Waals surface area (Å²) < 4.78 is 18.7. The third-order valence-corrected chi connectivity index (χ3v) is 4.48. The Balaban J connectivity index is 1.57. The minimum Gasteiger partial charge on any atom is -0.494 e. The van der Waals surface area contributed by atoms with Gasteiger partial charge in [-0.1, -0.05) is 36.4 Å². The van der Waals surface area contributed by atoms with Gasteiger partial charge in [-0.3, -0.25) is 4.90 Å². The van der Waals surface area contributed by atoms with Crippen molar-refractivity contribution in [2.75, 3.05) is 20.2 Å². The van der Waals surface area contributed by atoms with Crippen molar-refractivity contribution in [3.8, 4) is 5.75 Å². The number of ether oxygens (including phenoxy) is 1. The quantitative estimate of drug-likeness (QED) is 0.838. The van der Waals surface area contributed by atoms with E-state index >= 15 is 0 Å². The van der Waals surface area contributed by atoms with Crippen LogP contribution in [0.2, 0.25) is 0 Å². The van der Waals surface area contributed by atoms with Gasteiger partial charge < -0.3 is 4.74 Å². The van der Waals surface area contributed by atoms with Crippen molar-refractivity contribution in [1.82, 2.24) is 4.90 Å². The molecule has 1 aliphatic rings. The Morgan fingerprint density at radius 3 is 2.45 bits per heavy atom. The number of hydrogen-bond acceptors (Lipinski definition) is 2. The van der Waals surface area contributed by atoms with Gasteiger partial charge in [0.1, 0.15) is 0 Å². The molecule has 0 bridgehead atoms. The predicted molar refractivity (Wildman–Crippen MR) is 86.6 cm³/mol. The number of hydrogen-bond donors (Lipinski definition) is 0. The normalized spacial score (nSPS) is 16.6. The molecule has 2 aromatic rings. The zero-order valence-corrected chi connectivity index (χ0v) is 13.0. The van der Waals surface area contributed by atoms with Crippen LogP contribution in [0, 0.1) is 5.82 Å². The first-order valence-corrected chi connectivity index (χ1v) is 7.86. The number of nitrogens with zero attached hydrogens (tertiary/aromatic N) is 1. The summed E-state index contributed by atoms with van der Waals surface area (Å²) in [5, 5.41) is 0. The molecule has 0 saturated carbocycles. The number of piperidine rings is 1. The molecule has 1 aliphatic heterocycles. The molecule has 0 N–H and O–H groups in total. The summed E-state index contributed by atoms with van der Waals surface area (Å²) in [6.45, 7) is 2.93. The van der Waals surface area contributed by atoms with Crippen LogP contribution in [-0.2, 0) is 6.54 Å². The number of likely N-dealkylation sites (tertiary alicyclic amines) is 1. The Kier molecular flexibility index (Phi) is 4.74. The predicted octanol–water partition coefficient (Wildman–Crippen LogP) is 4.21. The molecule has 0 amide bonds. The van der Waals surface area contributed by atoms with E-state index in [1.807, 2.05) is 6.07 Å². The minimum absolute atomic E-state index is 0.279. The van der Waals surface area contributed by atoms with E-state index in [0.29, 0.717) is 11.7 Å². The highest BCUT2D eigenvalue weighted by molar-refractivity contribution is 5.29. The third-order valence-electron chi connectivity index (χ3n) is 4.48. The first-order chi connectivity index (χ1) is 10.8. The molecule has 3 rings (SSSR count). The molecule has 2 nitrogen and oxygen atoms in total. The lowest BCUT2D eigenvalue weighted by Crippen LogP contribution is -2.32. The summed E-state index contributed by atoms with van der Waals surface area (Å²) in [7, 11) is 1.49. The molecule has 0 aromatic heterocycles. The van der Waals surface area contributed by atoms with E-state index in [1.54, 1.807) is 12.1 Å². The highest BCUT2D eigenvalue weighted by Crippen LogP contribution is 2.28. The van der Waals surface area contributed by atoms with E-state index < -0.39 is 0 Å². The highest BCUT2D eigenvalue weighted by atomic mass is 19.1. The van der Waals surface area contributed by atoms with Crippen molar-refractivity contribution in [2.24, 2.45) is 0 Å². The molecule has 1 heterocycles. The van der Waals surface area contributed by atoms with Crippen molar-refractivity contribution in [3.05, 3.63) is 65.5 Å². The monoisotopic (exact) mass is 299 g/mol. The second-order valence-electron chi connectivity index (χ2n) is 5.93. The molecule has 0 atom stereocenters. The van der Waals surface area contributed by atoms with Gasteiger partial charge in [0, 0.05) is 6.54 Å². The number of methoxy groups -OCH3 is 1. The molecule has 0 unspecified atom stereocenters. The summed E-state index contributed by atoms with van der Waals surface area (Å²) >= 11 is 0. The van der Waals surface area contributed by atoms with Gasteiger partial charge in [-0.2, -0.15) is 0 Å². The Morgan fingerprint density at radius 1 is 1.09 bits per heavy atom. The van der Waals surface area contributed by atoms with Crippen LogP contribution in [-0.4, -0.2) is 25.1 Å². The van der Waals surface area contributed by atoms with Crippen molar-refractivity contribution < 1.29 is 9.13 Å². The standard InChI is InChI=1S/C19H22FNO/c1-22-19-8-7-15(13-18(19)20)14-21-11-9-17(10-12-21)16-5-3-2-4-6-16/h2-8,13,17H,9-12,14H2,1H3. The van der Waals surface area contributed by atoms with Crippen LogP contribution in [0.5, 0.6) is 5.75 Å². The molecule has 1 fully saturated rings. The summed E-state index contributed by atoms with van der Waals surface area (Å²) in [6, 6.07) is 16.0. The first kappa shape index (κ1) is 15.0. The molecular weight excluding hydrogens is 277 g/mol. The molecule has 0 spiro atoms. The van der Waals surface area contributed by atoms with Gasteiger partial charge in [0.05, 0.1) is 7.11 Å². The van der Waals surface area contributed by atoms with E-state index in [1.165, 1.54) is 25.5 Å². The Hall–Kier alpha value is -1.87. The smallest absolute Gasteiger partial charge is 0.165 e. The van der Waals surface area contributed by atoms with Crippen LogP contribution in [0.25, 0.3) is 0 Å². The summed E-state index contributed by atoms with van der Waals surface area (Å²) in [4.78, 5) is 2.40. The number of rotatable bonds is 4. The average Bonchev–Trinajstić information content (AvgIpc) is 2.57. The summed E-state index contributed by atoms with van der Waals surface area (Å²) in [5.41, 5.74) is 2.45. The topological polar surface area (TPSA) is 12.5 Å². The number of halogens is 1. The first-order valence-electron chi connectivity index (χ1n) is 7.86. The van der Waals surface area contributed by atoms with Crippen LogP contribution < -0.4 is 4.74 Å². The maximum absolute atomic E-state index is 13.7. The fourth-order valence-corrected chi connectivity index (χ4v) is 3.22. The third kappa shape index (κ3) is 3.47. The SMILES string of the molecule is COc1ccc(CN2CCC(c3ccccc3)CC2)cc1F. The van der Waals surface area contributed by atoms with Gasteiger partial charge in [-0.25, -0.2) is 4.39 Å². The van der Waals surface area contributed by atoms with Crippen molar-refractivity contribution in [1.29, 1.82) is 0 Å². The average molecular weight is 299 g/mol. The van der Waals surface area contributed by atoms with Crippen LogP contribution in [0.1, 0.15) is 29.9 Å². The van der Waals surface area contributed by atoms with Crippen molar-refractivity contribution in [2.45, 2.75) is 25.3 Å². The molecule has 22 heavy (non-hydrogen) atoms. The van der Waals surface area contributed by atoms with Gasteiger partial charge >= 0.3 is 0 Å². The molecule has 0 radical (unpaired) electrons. The van der Waals surface area contributed by atoms with Gasteiger partial charge in [0.25, 0.3) is 0 Å². The maximum atomic E-state index is 13.7. The zero-order valence-electron chi connectivity index (χ0n) is 13.0. The molecule has 2 aromatic carbocycles. The van der Waals surface area contributed by atoms with Gasteiger partial charge in [0.2, 0.25) is 0 Å². The second-order valence-corrected chi connectivity index (χ2v) is 5.93. The van der Waals surface area contributed by atoms with Crippen molar-refractivity contribution >= 4 is 0 Å². The van der Waals surface area contributed by atoms with Gasteiger partial charge in [0.15, 0.2) is 11.6 Å². The summed E-state index contributed by atoms with van der Waals surface area (Å²) in [5.74, 6) is 0.691. The Morgan fingerprint density at radius 2 is 1.82 bits per heavy atom. The van der Waals surface area contributed by atoms with Gasteiger partial charge in [-0.15, -0.1) is 0 Å². The van der Waals surface area contributed by atoms with E-state index in [9.17, 15) is 4.39 Å². The van der Waals surface area contributed by atoms with Crippen molar-refractivity contribution in [3.63, 3.8) is 0 Å². The summed E-state index contributed by atoms with van der Waals surface area (Å²) in [6.07, 6.45) is 2.34. The van der Waals surface area contributed by atoms with E-state index in [-0.39, 0.29) is 5.82 Å². The van der Waals surface area contributed by atoms with E-state index in [0.717, 1.165) is 25.2 Å². The minimum atomic E-state index is -0.279. The van der Waals surface area contributed by atoms with E-state index in [2.05, 4.69) is 35.2 Å². The molecule has 3 heteroatoms. The lowest BCUT2D eigenvalue weighted by atomic mass is 9.89. The Labute approximate surface area is 131 Å². The molecule has 1 saturated heterocycles. The highest BCUT2D eigenvalue weighted by Gasteiger charge is 2.20. The lowest BCUT2D eigenvalue weighted by molar-refractivity contribution is 0.204. The zero-order chi connectivity index (χ0) is 15.4. The molecule has 0 aliphatic carbocycles. The van der Waals surface area contributed by atoms with Crippen LogP contribution in [0.15, 0.2) is 48.5 Å². The fourth-order valence-electron chi connectivity index (χ4n) is 3.22. The van der Waals surface area contributed by atoms with Crippen LogP contribution >= 0.6 is 0 Å². The second kappa shape index (κ2) is 6.93. The van der Waals surface area contributed by atoms with Crippen LogP contribution in [0.4, 0.5) is 4.39 Å².